The summed E-state index contributed by atoms with van der Waals surface area (Å²) in [6, 6.07) is 9.95. The number of benzene rings is 1. The third-order valence-corrected chi connectivity index (χ3v) is 3.06. The molecular formula is C15H12BrNO. The largest absolute Gasteiger partial charge is 0.480 e. The molecule has 2 aromatic rings. The fourth-order valence-electron chi connectivity index (χ4n) is 1.50. The fourth-order valence-corrected chi connectivity index (χ4v) is 2.01. The van der Waals surface area contributed by atoms with Crippen molar-refractivity contribution in [3.05, 3.63) is 57.7 Å². The maximum absolute atomic E-state index is 5.08. The molecule has 2 nitrogen and oxygen atoms in total. The Morgan fingerprint density at radius 2 is 2.00 bits per heavy atom. The molecule has 0 radical (unpaired) electrons. The molecule has 0 fully saturated rings. The number of nitrogens with zero attached hydrogens (tertiary/aromatic N) is 1. The second-order valence-electron chi connectivity index (χ2n) is 3.78. The molecule has 0 amide bonds. The van der Waals surface area contributed by atoms with Gasteiger partial charge in [0.1, 0.15) is 0 Å². The number of halogens is 1. The van der Waals surface area contributed by atoms with Gasteiger partial charge in [-0.25, -0.2) is 4.98 Å². The van der Waals surface area contributed by atoms with Gasteiger partial charge in [0.05, 0.1) is 11.6 Å². The maximum Gasteiger partial charge on any atom is 0.227 e. The highest BCUT2D eigenvalue weighted by molar-refractivity contribution is 9.10. The van der Waals surface area contributed by atoms with Gasteiger partial charge >= 0.3 is 0 Å². The molecule has 18 heavy (non-hydrogen) atoms. The quantitative estimate of drug-likeness (QED) is 0.751. The molecular weight excluding hydrogens is 290 g/mol. The standard InChI is InChI=1S/C15H12BrNO/c1-11-5-3-4-6-13(11)8-7-12-9-14(16)15(18-2)17-10-12/h3-6,9-10H,1-2H3. The molecule has 0 unspecified atom stereocenters. The lowest BCUT2D eigenvalue weighted by atomic mass is 10.1. The topological polar surface area (TPSA) is 22.1 Å². The first-order valence-electron chi connectivity index (χ1n) is 5.48. The maximum atomic E-state index is 5.08. The van der Waals surface area contributed by atoms with Crippen molar-refractivity contribution in [1.82, 2.24) is 4.98 Å². The average Bonchev–Trinajstić information content (AvgIpc) is 2.38. The summed E-state index contributed by atoms with van der Waals surface area (Å²) >= 11 is 3.39. The minimum absolute atomic E-state index is 0.566. The zero-order chi connectivity index (χ0) is 13.0. The van der Waals surface area contributed by atoms with Gasteiger partial charge in [-0.2, -0.15) is 0 Å². The van der Waals surface area contributed by atoms with Gasteiger partial charge in [0.25, 0.3) is 0 Å². The minimum atomic E-state index is 0.566. The monoisotopic (exact) mass is 301 g/mol. The van der Waals surface area contributed by atoms with Crippen LogP contribution in [0.3, 0.4) is 0 Å². The van der Waals surface area contributed by atoms with Crippen LogP contribution in [0.5, 0.6) is 5.88 Å². The van der Waals surface area contributed by atoms with E-state index in [1.54, 1.807) is 13.3 Å². The Morgan fingerprint density at radius 3 is 2.67 bits per heavy atom. The number of aryl methyl sites for hydroxylation is 1. The van der Waals surface area contributed by atoms with Crippen LogP contribution >= 0.6 is 15.9 Å². The number of methoxy groups -OCH3 is 1. The number of pyridine rings is 1. The lowest BCUT2D eigenvalue weighted by Gasteiger charge is -2.01. The van der Waals surface area contributed by atoms with E-state index in [4.69, 9.17) is 4.74 Å². The van der Waals surface area contributed by atoms with Crippen molar-refractivity contribution >= 4 is 15.9 Å². The van der Waals surface area contributed by atoms with Crippen molar-refractivity contribution in [2.45, 2.75) is 6.92 Å². The Kier molecular flexibility index (Phi) is 4.01. The summed E-state index contributed by atoms with van der Waals surface area (Å²) in [4.78, 5) is 4.16. The third-order valence-electron chi connectivity index (χ3n) is 2.49. The molecule has 0 aliphatic carbocycles. The van der Waals surface area contributed by atoms with Gasteiger partial charge in [-0.05, 0) is 40.5 Å². The first kappa shape index (κ1) is 12.7. The summed E-state index contributed by atoms with van der Waals surface area (Å²) in [5, 5.41) is 0. The normalized spacial score (nSPS) is 9.50. The molecule has 0 aliphatic rings. The van der Waals surface area contributed by atoms with Crippen molar-refractivity contribution in [3.63, 3.8) is 0 Å². The molecule has 2 rings (SSSR count). The third kappa shape index (κ3) is 2.91. The van der Waals surface area contributed by atoms with E-state index in [0.717, 1.165) is 15.6 Å². The van der Waals surface area contributed by atoms with Crippen molar-refractivity contribution in [2.24, 2.45) is 0 Å². The Labute approximate surface area is 115 Å². The summed E-state index contributed by atoms with van der Waals surface area (Å²) in [6.45, 7) is 2.05. The zero-order valence-electron chi connectivity index (χ0n) is 10.2. The highest BCUT2D eigenvalue weighted by Gasteiger charge is 2.01. The second-order valence-corrected chi connectivity index (χ2v) is 4.63. The van der Waals surface area contributed by atoms with Crippen LogP contribution in [0.25, 0.3) is 0 Å². The summed E-state index contributed by atoms with van der Waals surface area (Å²) < 4.78 is 5.88. The molecule has 3 heteroatoms. The van der Waals surface area contributed by atoms with Gasteiger partial charge in [-0.1, -0.05) is 30.0 Å². The van der Waals surface area contributed by atoms with E-state index in [2.05, 4.69) is 32.8 Å². The van der Waals surface area contributed by atoms with Gasteiger partial charge in [-0.3, -0.25) is 0 Å². The predicted octanol–water partition coefficient (Wildman–Crippen LogP) is 3.56. The van der Waals surface area contributed by atoms with Gasteiger partial charge in [-0.15, -0.1) is 0 Å². The Hall–Kier alpha value is -1.79. The smallest absolute Gasteiger partial charge is 0.227 e. The Bertz CT molecular complexity index is 626. The molecule has 0 saturated heterocycles. The molecule has 0 aliphatic heterocycles. The SMILES string of the molecule is COc1ncc(C#Cc2ccccc2C)cc1Br. The average molecular weight is 302 g/mol. The van der Waals surface area contributed by atoms with Crippen molar-refractivity contribution in [3.8, 4) is 17.7 Å². The van der Waals surface area contributed by atoms with Crippen LogP contribution in [0.4, 0.5) is 0 Å². The van der Waals surface area contributed by atoms with E-state index in [1.165, 1.54) is 5.56 Å². The summed E-state index contributed by atoms with van der Waals surface area (Å²) in [5.74, 6) is 6.80. The number of hydrogen-bond donors (Lipinski definition) is 0. The van der Waals surface area contributed by atoms with E-state index in [9.17, 15) is 0 Å². The number of rotatable bonds is 1. The van der Waals surface area contributed by atoms with Gasteiger partial charge < -0.3 is 4.74 Å². The zero-order valence-corrected chi connectivity index (χ0v) is 11.8. The minimum Gasteiger partial charge on any atom is -0.480 e. The fraction of sp³-hybridized carbons (Fsp3) is 0.133. The Morgan fingerprint density at radius 1 is 1.22 bits per heavy atom. The molecule has 0 spiro atoms. The highest BCUT2D eigenvalue weighted by atomic mass is 79.9. The molecule has 0 N–H and O–H groups in total. The van der Waals surface area contributed by atoms with Gasteiger partial charge in [0, 0.05) is 17.3 Å². The summed E-state index contributed by atoms with van der Waals surface area (Å²) in [6.07, 6.45) is 1.70. The van der Waals surface area contributed by atoms with Crippen LogP contribution in [0.15, 0.2) is 41.0 Å². The van der Waals surface area contributed by atoms with Crippen LogP contribution in [0.2, 0.25) is 0 Å². The van der Waals surface area contributed by atoms with Gasteiger partial charge in [0.2, 0.25) is 5.88 Å². The van der Waals surface area contributed by atoms with Crippen LogP contribution < -0.4 is 4.74 Å². The first-order valence-corrected chi connectivity index (χ1v) is 6.27. The lowest BCUT2D eigenvalue weighted by molar-refractivity contribution is 0.395. The lowest BCUT2D eigenvalue weighted by Crippen LogP contribution is -1.89. The highest BCUT2D eigenvalue weighted by Crippen LogP contribution is 2.22. The molecule has 0 bridgehead atoms. The van der Waals surface area contributed by atoms with Crippen molar-refractivity contribution in [2.75, 3.05) is 7.11 Å². The summed E-state index contributed by atoms with van der Waals surface area (Å²) in [7, 11) is 1.59. The molecule has 1 aromatic carbocycles. The van der Waals surface area contributed by atoms with Crippen LogP contribution in [0.1, 0.15) is 16.7 Å². The Balaban J connectivity index is 2.31. The van der Waals surface area contributed by atoms with E-state index >= 15 is 0 Å². The molecule has 90 valence electrons. The van der Waals surface area contributed by atoms with Crippen LogP contribution in [-0.4, -0.2) is 12.1 Å². The summed E-state index contributed by atoms with van der Waals surface area (Å²) in [5.41, 5.74) is 3.06. The van der Waals surface area contributed by atoms with E-state index < -0.39 is 0 Å². The van der Waals surface area contributed by atoms with E-state index in [-0.39, 0.29) is 0 Å². The number of aromatic nitrogens is 1. The van der Waals surface area contributed by atoms with E-state index in [0.29, 0.717) is 5.88 Å². The van der Waals surface area contributed by atoms with Gasteiger partial charge in [0.15, 0.2) is 0 Å². The molecule has 1 aromatic heterocycles. The predicted molar refractivity (Wildman–Crippen MR) is 75.6 cm³/mol. The second kappa shape index (κ2) is 5.70. The molecule has 0 saturated carbocycles. The first-order chi connectivity index (χ1) is 8.70. The van der Waals surface area contributed by atoms with Crippen LogP contribution in [-0.2, 0) is 0 Å². The molecule has 0 atom stereocenters. The van der Waals surface area contributed by atoms with E-state index in [1.807, 2.05) is 37.3 Å². The van der Waals surface area contributed by atoms with Crippen molar-refractivity contribution < 1.29 is 4.74 Å². The molecule has 1 heterocycles. The number of hydrogen-bond acceptors (Lipinski definition) is 2. The van der Waals surface area contributed by atoms with Crippen molar-refractivity contribution in [1.29, 1.82) is 0 Å². The number of ether oxygens (including phenoxy) is 1. The van der Waals surface area contributed by atoms with Crippen LogP contribution in [0, 0.1) is 18.8 Å².